The fraction of sp³-hybridized carbons (Fsp3) is 1.00. The molecule has 2 atom stereocenters. The van der Waals surface area contributed by atoms with Gasteiger partial charge in [0.05, 0.1) is 6.10 Å². The van der Waals surface area contributed by atoms with Gasteiger partial charge in [-0.15, -0.1) is 0 Å². The van der Waals surface area contributed by atoms with E-state index in [9.17, 15) is 0 Å². The average molecular weight is 338 g/mol. The standard InChI is InChI=1S/C14H27IO/c1-2-3-4-9-12-16-14-11-8-6-5-7-10-13(14)15/h13-14H,2-12H2,1H3. The van der Waals surface area contributed by atoms with E-state index >= 15 is 0 Å². The second-order valence-corrected chi connectivity index (χ2v) is 6.58. The molecule has 0 aromatic heterocycles. The Morgan fingerprint density at radius 2 is 1.75 bits per heavy atom. The summed E-state index contributed by atoms with van der Waals surface area (Å²) in [6, 6.07) is 0. The van der Waals surface area contributed by atoms with Gasteiger partial charge in [0.1, 0.15) is 0 Å². The van der Waals surface area contributed by atoms with Gasteiger partial charge < -0.3 is 4.74 Å². The first kappa shape index (κ1) is 14.7. The number of ether oxygens (including phenoxy) is 1. The predicted octanol–water partition coefficient (Wildman–Crippen LogP) is 5.11. The van der Waals surface area contributed by atoms with Gasteiger partial charge in [0.2, 0.25) is 0 Å². The van der Waals surface area contributed by atoms with Crippen molar-refractivity contribution in [2.45, 2.75) is 81.2 Å². The van der Waals surface area contributed by atoms with Crippen molar-refractivity contribution in [2.75, 3.05) is 6.61 Å². The van der Waals surface area contributed by atoms with Crippen molar-refractivity contribution in [3.05, 3.63) is 0 Å². The van der Waals surface area contributed by atoms with Crippen molar-refractivity contribution in [2.24, 2.45) is 0 Å². The highest BCUT2D eigenvalue weighted by Gasteiger charge is 2.20. The molecule has 0 amide bonds. The molecule has 2 heteroatoms. The molecule has 16 heavy (non-hydrogen) atoms. The summed E-state index contributed by atoms with van der Waals surface area (Å²) in [7, 11) is 0. The van der Waals surface area contributed by atoms with Gasteiger partial charge in [-0.3, -0.25) is 0 Å². The van der Waals surface area contributed by atoms with Gasteiger partial charge in [0, 0.05) is 10.5 Å². The number of hydrogen-bond acceptors (Lipinski definition) is 1. The summed E-state index contributed by atoms with van der Waals surface area (Å²) in [5.74, 6) is 0. The van der Waals surface area contributed by atoms with Crippen molar-refractivity contribution in [1.82, 2.24) is 0 Å². The van der Waals surface area contributed by atoms with Gasteiger partial charge in [-0.1, -0.05) is 74.5 Å². The van der Waals surface area contributed by atoms with E-state index in [1.165, 1.54) is 64.2 Å². The van der Waals surface area contributed by atoms with Gasteiger partial charge >= 0.3 is 0 Å². The van der Waals surface area contributed by atoms with Crippen LogP contribution in [0.1, 0.15) is 71.1 Å². The smallest absolute Gasteiger partial charge is 0.0692 e. The lowest BCUT2D eigenvalue weighted by Gasteiger charge is -2.25. The van der Waals surface area contributed by atoms with Crippen LogP contribution in [-0.2, 0) is 4.74 Å². The van der Waals surface area contributed by atoms with Crippen LogP contribution in [0.4, 0.5) is 0 Å². The lowest BCUT2D eigenvalue weighted by Crippen LogP contribution is -2.26. The SMILES string of the molecule is CCCCCCOC1CCCCCCC1I. The third-order valence-electron chi connectivity index (χ3n) is 3.45. The van der Waals surface area contributed by atoms with Gasteiger partial charge in [-0.05, 0) is 19.3 Å². The molecule has 0 N–H and O–H groups in total. The summed E-state index contributed by atoms with van der Waals surface area (Å²) < 4.78 is 6.82. The molecule has 1 aliphatic rings. The zero-order valence-electron chi connectivity index (χ0n) is 10.7. The van der Waals surface area contributed by atoms with E-state index in [4.69, 9.17) is 4.74 Å². The monoisotopic (exact) mass is 338 g/mol. The second kappa shape index (κ2) is 9.69. The first-order valence-corrected chi connectivity index (χ1v) is 8.35. The van der Waals surface area contributed by atoms with E-state index in [0.29, 0.717) is 6.10 Å². The molecule has 1 fully saturated rings. The van der Waals surface area contributed by atoms with E-state index in [1.807, 2.05) is 0 Å². The first-order chi connectivity index (χ1) is 7.84. The molecular formula is C14H27IO. The van der Waals surface area contributed by atoms with Crippen LogP contribution in [0.25, 0.3) is 0 Å². The summed E-state index contributed by atoms with van der Waals surface area (Å²) in [5.41, 5.74) is 0. The molecule has 0 aromatic rings. The number of halogens is 1. The Kier molecular flexibility index (Phi) is 8.94. The molecule has 1 aliphatic carbocycles. The van der Waals surface area contributed by atoms with Crippen molar-refractivity contribution in [1.29, 1.82) is 0 Å². The van der Waals surface area contributed by atoms with Crippen LogP contribution >= 0.6 is 22.6 Å². The van der Waals surface area contributed by atoms with Crippen LogP contribution in [0.5, 0.6) is 0 Å². The number of hydrogen-bond donors (Lipinski definition) is 0. The zero-order chi connectivity index (χ0) is 11.6. The summed E-state index contributed by atoms with van der Waals surface area (Å²) >= 11 is 2.60. The van der Waals surface area contributed by atoms with Crippen LogP contribution in [-0.4, -0.2) is 16.6 Å². The van der Waals surface area contributed by atoms with Crippen molar-refractivity contribution in [3.63, 3.8) is 0 Å². The lowest BCUT2D eigenvalue weighted by atomic mass is 9.98. The Morgan fingerprint density at radius 1 is 1.00 bits per heavy atom. The lowest BCUT2D eigenvalue weighted by molar-refractivity contribution is 0.0405. The van der Waals surface area contributed by atoms with Gasteiger partial charge in [-0.2, -0.15) is 0 Å². The summed E-state index contributed by atoms with van der Waals surface area (Å²) in [5, 5.41) is 0. The maximum absolute atomic E-state index is 6.07. The van der Waals surface area contributed by atoms with Crippen LogP contribution in [0.2, 0.25) is 0 Å². The Labute approximate surface area is 115 Å². The minimum Gasteiger partial charge on any atom is -0.377 e. The molecule has 0 radical (unpaired) electrons. The number of rotatable bonds is 6. The molecule has 0 spiro atoms. The number of alkyl halides is 1. The van der Waals surface area contributed by atoms with Crippen molar-refractivity contribution >= 4 is 22.6 Å². The Balaban J connectivity index is 2.11. The highest BCUT2D eigenvalue weighted by molar-refractivity contribution is 14.1. The molecule has 96 valence electrons. The van der Waals surface area contributed by atoms with Crippen LogP contribution in [0.3, 0.4) is 0 Å². The van der Waals surface area contributed by atoms with Gasteiger partial charge in [-0.25, -0.2) is 0 Å². The van der Waals surface area contributed by atoms with E-state index in [2.05, 4.69) is 29.5 Å². The molecule has 1 nitrogen and oxygen atoms in total. The van der Waals surface area contributed by atoms with Crippen LogP contribution < -0.4 is 0 Å². The predicted molar refractivity (Wildman–Crippen MR) is 79.4 cm³/mol. The molecule has 0 aromatic carbocycles. The third-order valence-corrected chi connectivity index (χ3v) is 4.88. The van der Waals surface area contributed by atoms with Crippen LogP contribution in [0, 0.1) is 0 Å². The third kappa shape index (κ3) is 6.43. The van der Waals surface area contributed by atoms with E-state index in [-0.39, 0.29) is 0 Å². The van der Waals surface area contributed by atoms with E-state index < -0.39 is 0 Å². The maximum atomic E-state index is 6.07. The largest absolute Gasteiger partial charge is 0.377 e. The fourth-order valence-electron chi connectivity index (χ4n) is 2.36. The quantitative estimate of drug-likeness (QED) is 0.371. The van der Waals surface area contributed by atoms with Gasteiger partial charge in [0.25, 0.3) is 0 Å². The first-order valence-electron chi connectivity index (χ1n) is 7.10. The van der Waals surface area contributed by atoms with E-state index in [1.54, 1.807) is 0 Å². The molecule has 0 saturated heterocycles. The highest BCUT2D eigenvalue weighted by Crippen LogP contribution is 2.25. The molecule has 2 unspecified atom stereocenters. The molecule has 0 aliphatic heterocycles. The van der Waals surface area contributed by atoms with Gasteiger partial charge in [0.15, 0.2) is 0 Å². The second-order valence-electron chi connectivity index (χ2n) is 4.98. The minimum absolute atomic E-state index is 0.544. The Morgan fingerprint density at radius 3 is 2.50 bits per heavy atom. The molecule has 0 bridgehead atoms. The summed E-state index contributed by atoms with van der Waals surface area (Å²) in [4.78, 5) is 0. The molecule has 0 heterocycles. The number of unbranched alkanes of at least 4 members (excludes halogenated alkanes) is 3. The van der Waals surface area contributed by atoms with Crippen LogP contribution in [0.15, 0.2) is 0 Å². The summed E-state index contributed by atoms with van der Waals surface area (Å²) in [6.45, 7) is 3.25. The van der Waals surface area contributed by atoms with Crippen molar-refractivity contribution in [3.8, 4) is 0 Å². The molecule has 1 saturated carbocycles. The highest BCUT2D eigenvalue weighted by atomic mass is 127. The fourth-order valence-corrected chi connectivity index (χ4v) is 3.36. The molecular weight excluding hydrogens is 311 g/mol. The minimum atomic E-state index is 0.544. The van der Waals surface area contributed by atoms with E-state index in [0.717, 1.165) is 10.5 Å². The van der Waals surface area contributed by atoms with Crippen molar-refractivity contribution < 1.29 is 4.74 Å². The topological polar surface area (TPSA) is 9.23 Å². The Bertz CT molecular complexity index is 161. The maximum Gasteiger partial charge on any atom is 0.0692 e. The average Bonchev–Trinajstić information content (AvgIpc) is 2.27. The molecule has 1 rings (SSSR count). The Hall–Kier alpha value is 0.690. The summed E-state index contributed by atoms with van der Waals surface area (Å²) in [6.07, 6.45) is 14.1. The normalized spacial score (nSPS) is 27.4. The zero-order valence-corrected chi connectivity index (χ0v) is 12.9.